The van der Waals surface area contributed by atoms with Crippen molar-refractivity contribution < 1.29 is 0 Å². The van der Waals surface area contributed by atoms with Crippen molar-refractivity contribution >= 4 is 6.21 Å². The second-order valence-corrected chi connectivity index (χ2v) is 3.15. The van der Waals surface area contributed by atoms with Crippen molar-refractivity contribution in [1.29, 1.82) is 0 Å². The van der Waals surface area contributed by atoms with Crippen LogP contribution in [0.5, 0.6) is 0 Å². The van der Waals surface area contributed by atoms with Crippen molar-refractivity contribution in [3.63, 3.8) is 0 Å². The highest BCUT2D eigenvalue weighted by Crippen LogP contribution is 2.04. The molecule has 0 bridgehead atoms. The van der Waals surface area contributed by atoms with Gasteiger partial charge in [0.1, 0.15) is 5.82 Å². The minimum absolute atomic E-state index is 0.872. The highest BCUT2D eigenvalue weighted by molar-refractivity contribution is 5.79. The number of hydrogen-bond acceptors (Lipinski definition) is 3. The minimum Gasteiger partial charge on any atom is -0.369 e. The normalized spacial score (nSPS) is 16.3. The Kier molecular flexibility index (Phi) is 2.49. The van der Waals surface area contributed by atoms with Crippen molar-refractivity contribution in [2.24, 2.45) is 5.10 Å². The van der Waals surface area contributed by atoms with Crippen LogP contribution in [0, 0.1) is 0 Å². The second-order valence-electron chi connectivity index (χ2n) is 3.15. The van der Waals surface area contributed by atoms with Gasteiger partial charge in [0, 0.05) is 6.54 Å². The Bertz CT molecular complexity index is 343. The molecule has 0 atom stereocenters. The van der Waals surface area contributed by atoms with Gasteiger partial charge in [-0.15, -0.1) is 0 Å². The predicted molar refractivity (Wildman–Crippen MR) is 57.9 cm³/mol. The molecule has 72 valence electrons. The summed E-state index contributed by atoms with van der Waals surface area (Å²) >= 11 is 0. The molecule has 0 aromatic heterocycles. The van der Waals surface area contributed by atoms with Crippen molar-refractivity contribution in [2.75, 3.05) is 13.1 Å². The van der Waals surface area contributed by atoms with Gasteiger partial charge in [0.25, 0.3) is 0 Å². The third kappa shape index (κ3) is 1.93. The van der Waals surface area contributed by atoms with Crippen LogP contribution in [0.4, 0.5) is 0 Å². The summed E-state index contributed by atoms with van der Waals surface area (Å²) in [6.45, 7) is 5.66. The van der Waals surface area contributed by atoms with Gasteiger partial charge in [-0.05, 0) is 5.56 Å². The first-order valence-electron chi connectivity index (χ1n) is 4.65. The van der Waals surface area contributed by atoms with Crippen molar-refractivity contribution in [1.82, 2.24) is 10.3 Å². The van der Waals surface area contributed by atoms with Gasteiger partial charge in [-0.1, -0.05) is 36.9 Å². The summed E-state index contributed by atoms with van der Waals surface area (Å²) in [4.78, 5) is 0. The number of nitrogens with zero attached hydrogens (tertiary/aromatic N) is 2. The molecule has 2 rings (SSSR count). The smallest absolute Gasteiger partial charge is 0.115 e. The third-order valence-electron chi connectivity index (χ3n) is 2.11. The van der Waals surface area contributed by atoms with Crippen LogP contribution in [0.25, 0.3) is 0 Å². The lowest BCUT2D eigenvalue weighted by Gasteiger charge is -2.09. The minimum atomic E-state index is 0.872. The van der Waals surface area contributed by atoms with Gasteiger partial charge >= 0.3 is 0 Å². The van der Waals surface area contributed by atoms with Gasteiger partial charge in [0.15, 0.2) is 0 Å². The topological polar surface area (TPSA) is 27.6 Å². The Hall–Kier alpha value is -1.77. The van der Waals surface area contributed by atoms with Crippen molar-refractivity contribution in [3.8, 4) is 0 Å². The Morgan fingerprint density at radius 2 is 2.14 bits per heavy atom. The van der Waals surface area contributed by atoms with E-state index in [9.17, 15) is 0 Å². The van der Waals surface area contributed by atoms with Crippen LogP contribution in [0.15, 0.2) is 47.8 Å². The molecule has 0 radical (unpaired) electrons. The van der Waals surface area contributed by atoms with Gasteiger partial charge in [-0.3, -0.25) is 0 Å². The SMILES string of the molecule is C=C1NCCN1/N=C/c1ccccc1. The van der Waals surface area contributed by atoms with Crippen LogP contribution < -0.4 is 5.32 Å². The van der Waals surface area contributed by atoms with Gasteiger partial charge in [-0.25, -0.2) is 5.01 Å². The molecule has 3 heteroatoms. The average Bonchev–Trinajstić information content (AvgIpc) is 2.63. The molecule has 0 amide bonds. The van der Waals surface area contributed by atoms with E-state index in [0.29, 0.717) is 0 Å². The Labute approximate surface area is 83.7 Å². The van der Waals surface area contributed by atoms with E-state index in [2.05, 4.69) is 17.0 Å². The summed E-state index contributed by atoms with van der Waals surface area (Å²) in [5.41, 5.74) is 1.10. The molecule has 1 heterocycles. The quantitative estimate of drug-likeness (QED) is 0.709. The fourth-order valence-electron chi connectivity index (χ4n) is 1.34. The van der Waals surface area contributed by atoms with Crippen LogP contribution in [0.3, 0.4) is 0 Å². The molecule has 1 saturated heterocycles. The van der Waals surface area contributed by atoms with Crippen LogP contribution in [0.1, 0.15) is 5.56 Å². The molecule has 1 aromatic carbocycles. The van der Waals surface area contributed by atoms with Crippen LogP contribution in [-0.4, -0.2) is 24.3 Å². The van der Waals surface area contributed by atoms with E-state index in [-0.39, 0.29) is 0 Å². The first-order valence-corrected chi connectivity index (χ1v) is 4.65. The molecule has 0 spiro atoms. The first-order chi connectivity index (χ1) is 6.86. The highest BCUT2D eigenvalue weighted by Gasteiger charge is 2.11. The van der Waals surface area contributed by atoms with Crippen LogP contribution in [0.2, 0.25) is 0 Å². The molecule has 3 nitrogen and oxygen atoms in total. The summed E-state index contributed by atoms with van der Waals surface area (Å²) < 4.78 is 0. The number of hydrazone groups is 1. The van der Waals surface area contributed by atoms with Gasteiger partial charge in [-0.2, -0.15) is 5.10 Å². The lowest BCUT2D eigenvalue weighted by molar-refractivity contribution is 0.426. The number of nitrogens with one attached hydrogen (secondary N) is 1. The molecular weight excluding hydrogens is 174 g/mol. The van der Waals surface area contributed by atoms with Gasteiger partial charge in [0.2, 0.25) is 0 Å². The first kappa shape index (κ1) is 8.81. The second kappa shape index (κ2) is 3.96. The average molecular weight is 187 g/mol. The molecule has 1 N–H and O–H groups in total. The summed E-state index contributed by atoms with van der Waals surface area (Å²) in [6.07, 6.45) is 1.85. The zero-order valence-electron chi connectivity index (χ0n) is 7.98. The monoisotopic (exact) mass is 187 g/mol. The summed E-state index contributed by atoms with van der Waals surface area (Å²) in [6, 6.07) is 10.0. The lowest BCUT2D eigenvalue weighted by Crippen LogP contribution is -2.12. The fraction of sp³-hybridized carbons (Fsp3) is 0.182. The third-order valence-corrected chi connectivity index (χ3v) is 2.11. The molecule has 1 aliphatic rings. The Balaban J connectivity index is 2.03. The molecule has 0 saturated carbocycles. The van der Waals surface area contributed by atoms with Gasteiger partial charge < -0.3 is 5.32 Å². The Morgan fingerprint density at radius 3 is 2.79 bits per heavy atom. The van der Waals surface area contributed by atoms with Crippen molar-refractivity contribution in [3.05, 3.63) is 48.3 Å². The molecule has 0 aliphatic carbocycles. The molecule has 14 heavy (non-hydrogen) atoms. The van der Waals surface area contributed by atoms with Gasteiger partial charge in [0.05, 0.1) is 12.8 Å². The zero-order chi connectivity index (χ0) is 9.80. The summed E-state index contributed by atoms with van der Waals surface area (Å²) in [5.74, 6) is 0.872. The molecule has 0 unspecified atom stereocenters. The van der Waals surface area contributed by atoms with E-state index in [1.54, 1.807) is 0 Å². The van der Waals surface area contributed by atoms with E-state index in [1.165, 1.54) is 0 Å². The maximum absolute atomic E-state index is 4.32. The number of benzene rings is 1. The Morgan fingerprint density at radius 1 is 1.36 bits per heavy atom. The lowest BCUT2D eigenvalue weighted by atomic mass is 10.2. The predicted octanol–water partition coefficient (Wildman–Crippen LogP) is 1.40. The maximum Gasteiger partial charge on any atom is 0.115 e. The molecule has 1 fully saturated rings. The largest absolute Gasteiger partial charge is 0.369 e. The van der Waals surface area contributed by atoms with Crippen LogP contribution >= 0.6 is 0 Å². The van der Waals surface area contributed by atoms with E-state index in [0.717, 1.165) is 24.5 Å². The summed E-state index contributed by atoms with van der Waals surface area (Å²) in [5, 5.41) is 9.31. The van der Waals surface area contributed by atoms with E-state index in [4.69, 9.17) is 0 Å². The van der Waals surface area contributed by atoms with E-state index in [1.807, 2.05) is 41.6 Å². The number of hydrogen-bond donors (Lipinski definition) is 1. The highest BCUT2D eigenvalue weighted by atomic mass is 15.5. The zero-order valence-corrected chi connectivity index (χ0v) is 7.98. The number of rotatable bonds is 2. The maximum atomic E-state index is 4.32. The standard InChI is InChI=1S/C11H13N3/c1-10-12-7-8-14(10)13-9-11-5-3-2-4-6-11/h2-6,9,12H,1,7-8H2/b13-9+. The molecule has 1 aromatic rings. The molecule has 1 aliphatic heterocycles. The van der Waals surface area contributed by atoms with Crippen molar-refractivity contribution in [2.45, 2.75) is 0 Å². The van der Waals surface area contributed by atoms with E-state index >= 15 is 0 Å². The molecular formula is C11H13N3. The fourth-order valence-corrected chi connectivity index (χ4v) is 1.34. The summed E-state index contributed by atoms with van der Waals surface area (Å²) in [7, 11) is 0. The van der Waals surface area contributed by atoms with Crippen LogP contribution in [-0.2, 0) is 0 Å². The van der Waals surface area contributed by atoms with E-state index < -0.39 is 0 Å².